The van der Waals surface area contributed by atoms with Crippen LogP contribution in [0.15, 0.2) is 23.1 Å². The van der Waals surface area contributed by atoms with Gasteiger partial charge in [-0.25, -0.2) is 13.1 Å². The minimum absolute atomic E-state index is 0.103. The molecule has 20 heavy (non-hydrogen) atoms. The number of benzene rings is 1. The van der Waals surface area contributed by atoms with Crippen LogP contribution in [-0.4, -0.2) is 15.0 Å². The standard InChI is InChI=1S/C14H21ClN2O2S/c1-10-3-2-4-11(7-10)9-17-20(18,19)14-6-5-12(15)8-13(14)16/h5-6,8,10-11,17H,2-4,7,9,16H2,1H3. The van der Waals surface area contributed by atoms with Crippen molar-refractivity contribution in [2.75, 3.05) is 12.3 Å². The molecular weight excluding hydrogens is 296 g/mol. The van der Waals surface area contributed by atoms with Gasteiger partial charge in [-0.1, -0.05) is 31.4 Å². The summed E-state index contributed by atoms with van der Waals surface area (Å²) in [6.07, 6.45) is 4.59. The van der Waals surface area contributed by atoms with Gasteiger partial charge in [-0.2, -0.15) is 0 Å². The van der Waals surface area contributed by atoms with E-state index in [2.05, 4.69) is 11.6 Å². The predicted octanol–water partition coefficient (Wildman–Crippen LogP) is 3.03. The Bertz CT molecular complexity index is 575. The van der Waals surface area contributed by atoms with Gasteiger partial charge in [0.1, 0.15) is 4.90 Å². The molecule has 1 aliphatic carbocycles. The number of hydrogen-bond donors (Lipinski definition) is 2. The molecule has 0 aliphatic heterocycles. The van der Waals surface area contributed by atoms with Gasteiger partial charge >= 0.3 is 0 Å². The van der Waals surface area contributed by atoms with Crippen LogP contribution >= 0.6 is 11.6 Å². The van der Waals surface area contributed by atoms with Crippen molar-refractivity contribution in [3.63, 3.8) is 0 Å². The fourth-order valence-electron chi connectivity index (χ4n) is 2.81. The Balaban J connectivity index is 2.03. The third-order valence-corrected chi connectivity index (χ3v) is 5.60. The Kier molecular flexibility index (Phi) is 4.94. The molecule has 1 aromatic carbocycles. The summed E-state index contributed by atoms with van der Waals surface area (Å²) in [7, 11) is -3.56. The summed E-state index contributed by atoms with van der Waals surface area (Å²) in [5, 5.41) is 0.433. The van der Waals surface area contributed by atoms with Gasteiger partial charge < -0.3 is 5.73 Å². The molecule has 0 spiro atoms. The molecule has 112 valence electrons. The van der Waals surface area contributed by atoms with Crippen LogP contribution in [0, 0.1) is 11.8 Å². The lowest BCUT2D eigenvalue weighted by Crippen LogP contribution is -2.32. The highest BCUT2D eigenvalue weighted by Crippen LogP contribution is 2.28. The third kappa shape index (κ3) is 3.87. The number of nitrogen functional groups attached to an aromatic ring is 1. The van der Waals surface area contributed by atoms with Crippen molar-refractivity contribution in [1.29, 1.82) is 0 Å². The first-order valence-electron chi connectivity index (χ1n) is 6.93. The van der Waals surface area contributed by atoms with E-state index in [9.17, 15) is 8.42 Å². The van der Waals surface area contributed by atoms with Crippen LogP contribution in [0.4, 0.5) is 5.69 Å². The number of anilines is 1. The molecule has 6 heteroatoms. The summed E-state index contributed by atoms with van der Waals surface area (Å²) in [5.41, 5.74) is 5.92. The van der Waals surface area contributed by atoms with E-state index in [0.29, 0.717) is 23.4 Å². The van der Waals surface area contributed by atoms with Gasteiger partial charge in [0, 0.05) is 11.6 Å². The molecule has 1 aromatic rings. The molecule has 4 nitrogen and oxygen atoms in total. The van der Waals surface area contributed by atoms with Crippen molar-refractivity contribution >= 4 is 27.3 Å². The zero-order valence-electron chi connectivity index (χ0n) is 11.6. The van der Waals surface area contributed by atoms with Gasteiger partial charge in [-0.3, -0.25) is 0 Å². The van der Waals surface area contributed by atoms with Crippen LogP contribution in [0.5, 0.6) is 0 Å². The van der Waals surface area contributed by atoms with Crippen molar-refractivity contribution in [2.24, 2.45) is 11.8 Å². The van der Waals surface area contributed by atoms with Crippen LogP contribution in [0.1, 0.15) is 32.6 Å². The molecule has 2 atom stereocenters. The maximum absolute atomic E-state index is 12.3. The first-order valence-corrected chi connectivity index (χ1v) is 8.79. The van der Waals surface area contributed by atoms with Crippen molar-refractivity contribution in [1.82, 2.24) is 4.72 Å². The number of halogens is 1. The minimum Gasteiger partial charge on any atom is -0.398 e. The second kappa shape index (κ2) is 6.33. The first kappa shape index (κ1) is 15.6. The SMILES string of the molecule is CC1CCCC(CNS(=O)(=O)c2ccc(Cl)cc2N)C1. The molecule has 1 aliphatic rings. The Hall–Kier alpha value is -0.780. The van der Waals surface area contributed by atoms with Gasteiger partial charge in [-0.15, -0.1) is 0 Å². The topological polar surface area (TPSA) is 72.2 Å². The Morgan fingerprint density at radius 3 is 2.80 bits per heavy atom. The minimum atomic E-state index is -3.56. The fourth-order valence-corrected chi connectivity index (χ4v) is 4.22. The van der Waals surface area contributed by atoms with E-state index in [1.54, 1.807) is 0 Å². The van der Waals surface area contributed by atoms with Gasteiger partial charge in [0.2, 0.25) is 10.0 Å². The number of nitrogens with two attached hydrogens (primary N) is 1. The van der Waals surface area contributed by atoms with Crippen LogP contribution in [0.2, 0.25) is 5.02 Å². The van der Waals surface area contributed by atoms with E-state index < -0.39 is 10.0 Å². The average Bonchev–Trinajstić information content (AvgIpc) is 2.36. The smallest absolute Gasteiger partial charge is 0.242 e. The summed E-state index contributed by atoms with van der Waals surface area (Å²) in [6, 6.07) is 4.44. The Morgan fingerprint density at radius 1 is 1.40 bits per heavy atom. The monoisotopic (exact) mass is 316 g/mol. The van der Waals surface area contributed by atoms with E-state index in [1.807, 2.05) is 0 Å². The van der Waals surface area contributed by atoms with Crippen LogP contribution < -0.4 is 10.5 Å². The summed E-state index contributed by atoms with van der Waals surface area (Å²) in [5.74, 6) is 1.10. The molecule has 2 unspecified atom stereocenters. The second-order valence-electron chi connectivity index (χ2n) is 5.67. The summed E-state index contributed by atoms with van der Waals surface area (Å²) < 4.78 is 27.2. The summed E-state index contributed by atoms with van der Waals surface area (Å²) in [4.78, 5) is 0.103. The van der Waals surface area contributed by atoms with E-state index in [-0.39, 0.29) is 10.6 Å². The Labute approximate surface area is 125 Å². The first-order chi connectivity index (χ1) is 9.38. The summed E-state index contributed by atoms with van der Waals surface area (Å²) in [6.45, 7) is 2.70. The van der Waals surface area contributed by atoms with E-state index in [0.717, 1.165) is 12.8 Å². The van der Waals surface area contributed by atoms with Crippen molar-refractivity contribution in [3.05, 3.63) is 23.2 Å². The van der Waals surface area contributed by atoms with Gasteiger partial charge in [0.15, 0.2) is 0 Å². The predicted molar refractivity (Wildman–Crippen MR) is 82.2 cm³/mol. The van der Waals surface area contributed by atoms with Gasteiger partial charge in [0.05, 0.1) is 5.69 Å². The zero-order chi connectivity index (χ0) is 14.8. The highest BCUT2D eigenvalue weighted by molar-refractivity contribution is 7.89. The maximum Gasteiger partial charge on any atom is 0.242 e. The van der Waals surface area contributed by atoms with Crippen molar-refractivity contribution in [3.8, 4) is 0 Å². The normalized spacial score (nSPS) is 23.7. The number of rotatable bonds is 4. The molecule has 0 saturated heterocycles. The largest absolute Gasteiger partial charge is 0.398 e. The number of sulfonamides is 1. The molecule has 0 heterocycles. The maximum atomic E-state index is 12.3. The average molecular weight is 317 g/mol. The van der Waals surface area contributed by atoms with E-state index in [4.69, 9.17) is 17.3 Å². The molecule has 2 rings (SSSR count). The highest BCUT2D eigenvalue weighted by Gasteiger charge is 2.22. The highest BCUT2D eigenvalue weighted by atomic mass is 35.5. The van der Waals surface area contributed by atoms with E-state index in [1.165, 1.54) is 31.0 Å². The lowest BCUT2D eigenvalue weighted by atomic mass is 9.83. The van der Waals surface area contributed by atoms with Gasteiger partial charge in [-0.05, 0) is 42.9 Å². The lowest BCUT2D eigenvalue weighted by Gasteiger charge is -2.26. The summed E-state index contributed by atoms with van der Waals surface area (Å²) >= 11 is 5.79. The van der Waals surface area contributed by atoms with Crippen LogP contribution in [0.3, 0.4) is 0 Å². The molecule has 0 aromatic heterocycles. The fraction of sp³-hybridized carbons (Fsp3) is 0.571. The van der Waals surface area contributed by atoms with E-state index >= 15 is 0 Å². The number of hydrogen-bond acceptors (Lipinski definition) is 3. The lowest BCUT2D eigenvalue weighted by molar-refractivity contribution is 0.283. The van der Waals surface area contributed by atoms with Crippen molar-refractivity contribution < 1.29 is 8.42 Å². The molecule has 0 amide bonds. The molecule has 3 N–H and O–H groups in total. The quantitative estimate of drug-likeness (QED) is 0.839. The molecule has 1 saturated carbocycles. The molecule has 0 bridgehead atoms. The second-order valence-corrected chi connectivity index (χ2v) is 7.84. The van der Waals surface area contributed by atoms with Crippen molar-refractivity contribution in [2.45, 2.75) is 37.5 Å². The third-order valence-electron chi connectivity index (χ3n) is 3.87. The van der Waals surface area contributed by atoms with Gasteiger partial charge in [0.25, 0.3) is 0 Å². The molecule has 1 fully saturated rings. The Morgan fingerprint density at radius 2 is 2.15 bits per heavy atom. The van der Waals surface area contributed by atoms with Crippen LogP contribution in [-0.2, 0) is 10.0 Å². The molecular formula is C14H21ClN2O2S. The molecule has 0 radical (unpaired) electrons. The zero-order valence-corrected chi connectivity index (χ0v) is 13.2. The van der Waals surface area contributed by atoms with Crippen LogP contribution in [0.25, 0.3) is 0 Å². The number of nitrogens with one attached hydrogen (secondary N) is 1.